The van der Waals surface area contributed by atoms with Gasteiger partial charge in [0.05, 0.1) is 12.5 Å². The number of carbonyl (C=O) groups is 2. The van der Waals surface area contributed by atoms with Crippen LogP contribution in [0.4, 0.5) is 0 Å². The standard InChI is InChI=1S/C11H22N2O4/c1-3-8(2)13-10(15)4-5-12-7-9(14)6-11(16)17/h8-9,12,14H,3-7H2,1-2H3,(H,13,15)(H,16,17). The fourth-order valence-corrected chi connectivity index (χ4v) is 1.19. The molecule has 6 heteroatoms. The van der Waals surface area contributed by atoms with Crippen LogP contribution in [0.1, 0.15) is 33.1 Å². The van der Waals surface area contributed by atoms with Crippen molar-refractivity contribution in [3.05, 3.63) is 0 Å². The number of aliphatic carboxylic acids is 1. The molecule has 100 valence electrons. The summed E-state index contributed by atoms with van der Waals surface area (Å²) >= 11 is 0. The van der Waals surface area contributed by atoms with Crippen LogP contribution in [0.15, 0.2) is 0 Å². The van der Waals surface area contributed by atoms with E-state index < -0.39 is 12.1 Å². The molecule has 17 heavy (non-hydrogen) atoms. The average molecular weight is 246 g/mol. The Kier molecular flexibility index (Phi) is 8.35. The number of nitrogens with one attached hydrogen (secondary N) is 2. The van der Waals surface area contributed by atoms with Gasteiger partial charge >= 0.3 is 5.97 Å². The van der Waals surface area contributed by atoms with E-state index in [1.807, 2.05) is 13.8 Å². The lowest BCUT2D eigenvalue weighted by molar-refractivity contribution is -0.139. The Labute approximate surface area is 101 Å². The molecule has 0 saturated heterocycles. The lowest BCUT2D eigenvalue weighted by Crippen LogP contribution is -2.35. The minimum atomic E-state index is -1.03. The quantitative estimate of drug-likeness (QED) is 0.419. The van der Waals surface area contributed by atoms with Gasteiger partial charge in [-0.2, -0.15) is 0 Å². The average Bonchev–Trinajstić information content (AvgIpc) is 2.23. The van der Waals surface area contributed by atoms with E-state index in [2.05, 4.69) is 10.6 Å². The smallest absolute Gasteiger partial charge is 0.306 e. The van der Waals surface area contributed by atoms with Gasteiger partial charge in [-0.3, -0.25) is 9.59 Å². The first-order valence-electron chi connectivity index (χ1n) is 5.85. The molecular formula is C11H22N2O4. The van der Waals surface area contributed by atoms with Gasteiger partial charge in [0, 0.05) is 25.6 Å². The Balaban J connectivity index is 3.50. The first-order chi connectivity index (χ1) is 7.95. The highest BCUT2D eigenvalue weighted by molar-refractivity contribution is 5.76. The third kappa shape index (κ3) is 9.77. The third-order valence-corrected chi connectivity index (χ3v) is 2.34. The molecule has 0 aromatic rings. The second-order valence-corrected chi connectivity index (χ2v) is 4.08. The van der Waals surface area contributed by atoms with Crippen molar-refractivity contribution in [3.8, 4) is 0 Å². The van der Waals surface area contributed by atoms with Crippen LogP contribution in [0.25, 0.3) is 0 Å². The fraction of sp³-hybridized carbons (Fsp3) is 0.818. The first-order valence-corrected chi connectivity index (χ1v) is 5.85. The molecule has 0 radical (unpaired) electrons. The van der Waals surface area contributed by atoms with Gasteiger partial charge in [0.2, 0.25) is 5.91 Å². The molecule has 0 fully saturated rings. The Morgan fingerprint density at radius 3 is 2.53 bits per heavy atom. The monoisotopic (exact) mass is 246 g/mol. The van der Waals surface area contributed by atoms with E-state index in [0.29, 0.717) is 13.0 Å². The first kappa shape index (κ1) is 15.9. The Bertz CT molecular complexity index is 246. The zero-order valence-electron chi connectivity index (χ0n) is 10.4. The Morgan fingerprint density at radius 1 is 1.35 bits per heavy atom. The van der Waals surface area contributed by atoms with Gasteiger partial charge in [-0.05, 0) is 13.3 Å². The topological polar surface area (TPSA) is 98.7 Å². The number of rotatable bonds is 9. The van der Waals surface area contributed by atoms with Crippen molar-refractivity contribution in [2.75, 3.05) is 13.1 Å². The molecule has 6 nitrogen and oxygen atoms in total. The normalized spacial score (nSPS) is 14.1. The summed E-state index contributed by atoms with van der Waals surface area (Å²) in [4.78, 5) is 21.6. The van der Waals surface area contributed by atoms with Crippen LogP contribution in [0, 0.1) is 0 Å². The number of aliphatic hydroxyl groups excluding tert-OH is 1. The van der Waals surface area contributed by atoms with Crippen LogP contribution < -0.4 is 10.6 Å². The fourth-order valence-electron chi connectivity index (χ4n) is 1.19. The van der Waals surface area contributed by atoms with E-state index in [1.54, 1.807) is 0 Å². The molecule has 0 saturated carbocycles. The molecule has 2 atom stereocenters. The van der Waals surface area contributed by atoms with Gasteiger partial charge < -0.3 is 20.8 Å². The maximum absolute atomic E-state index is 11.3. The summed E-state index contributed by atoms with van der Waals surface area (Å²) < 4.78 is 0. The molecule has 4 N–H and O–H groups in total. The molecule has 0 heterocycles. The summed E-state index contributed by atoms with van der Waals surface area (Å²) in [6.45, 7) is 4.54. The number of carbonyl (C=O) groups excluding carboxylic acids is 1. The predicted molar refractivity (Wildman–Crippen MR) is 63.6 cm³/mol. The van der Waals surface area contributed by atoms with Crippen molar-refractivity contribution in [2.45, 2.75) is 45.3 Å². The number of amides is 1. The summed E-state index contributed by atoms with van der Waals surface area (Å²) in [5.41, 5.74) is 0. The van der Waals surface area contributed by atoms with Crippen LogP contribution in [-0.2, 0) is 9.59 Å². The van der Waals surface area contributed by atoms with Crippen LogP contribution in [0.2, 0.25) is 0 Å². The maximum atomic E-state index is 11.3. The van der Waals surface area contributed by atoms with Crippen LogP contribution in [0.3, 0.4) is 0 Å². The van der Waals surface area contributed by atoms with E-state index in [0.717, 1.165) is 6.42 Å². The zero-order valence-corrected chi connectivity index (χ0v) is 10.4. The minimum Gasteiger partial charge on any atom is -0.481 e. The van der Waals surface area contributed by atoms with Crippen molar-refractivity contribution in [2.24, 2.45) is 0 Å². The third-order valence-electron chi connectivity index (χ3n) is 2.34. The summed E-state index contributed by atoms with van der Waals surface area (Å²) in [5.74, 6) is -1.08. The Morgan fingerprint density at radius 2 is 2.00 bits per heavy atom. The highest BCUT2D eigenvalue weighted by Crippen LogP contribution is 1.91. The summed E-state index contributed by atoms with van der Waals surface area (Å²) in [7, 11) is 0. The number of carboxylic acid groups (broad SMARTS) is 1. The molecule has 0 spiro atoms. The number of aliphatic hydroxyl groups is 1. The van der Waals surface area contributed by atoms with Crippen LogP contribution >= 0.6 is 0 Å². The minimum absolute atomic E-state index is 0.0421. The maximum Gasteiger partial charge on any atom is 0.306 e. The van der Waals surface area contributed by atoms with E-state index in [4.69, 9.17) is 5.11 Å². The molecule has 0 aromatic carbocycles. The van der Waals surface area contributed by atoms with E-state index in [9.17, 15) is 14.7 Å². The SMILES string of the molecule is CCC(C)NC(=O)CCNCC(O)CC(=O)O. The molecule has 0 rings (SSSR count). The second kappa shape index (κ2) is 8.95. The molecular weight excluding hydrogens is 224 g/mol. The second-order valence-electron chi connectivity index (χ2n) is 4.08. The summed E-state index contributed by atoms with van der Waals surface area (Å²) in [5, 5.41) is 23.3. The lowest BCUT2D eigenvalue weighted by atomic mass is 10.2. The van der Waals surface area contributed by atoms with E-state index in [1.165, 1.54) is 0 Å². The number of carboxylic acids is 1. The molecule has 0 aliphatic heterocycles. The van der Waals surface area contributed by atoms with Crippen molar-refractivity contribution in [3.63, 3.8) is 0 Å². The van der Waals surface area contributed by atoms with E-state index in [-0.39, 0.29) is 24.9 Å². The highest BCUT2D eigenvalue weighted by Gasteiger charge is 2.09. The van der Waals surface area contributed by atoms with Crippen molar-refractivity contribution < 1.29 is 19.8 Å². The molecule has 0 aliphatic rings. The lowest BCUT2D eigenvalue weighted by Gasteiger charge is -2.12. The molecule has 0 bridgehead atoms. The molecule has 2 unspecified atom stereocenters. The largest absolute Gasteiger partial charge is 0.481 e. The zero-order chi connectivity index (χ0) is 13.3. The van der Waals surface area contributed by atoms with Gasteiger partial charge in [0.25, 0.3) is 0 Å². The van der Waals surface area contributed by atoms with Gasteiger partial charge in [0.15, 0.2) is 0 Å². The predicted octanol–water partition coefficient (Wildman–Crippen LogP) is -0.284. The molecule has 1 amide bonds. The summed E-state index contributed by atoms with van der Waals surface area (Å²) in [6.07, 6.45) is 0.0114. The Hall–Kier alpha value is -1.14. The van der Waals surface area contributed by atoms with Gasteiger partial charge in [-0.25, -0.2) is 0 Å². The van der Waals surface area contributed by atoms with Crippen LogP contribution in [0.5, 0.6) is 0 Å². The summed E-state index contributed by atoms with van der Waals surface area (Å²) in [6, 6.07) is 0.167. The van der Waals surface area contributed by atoms with Gasteiger partial charge in [-0.1, -0.05) is 6.92 Å². The van der Waals surface area contributed by atoms with Crippen molar-refractivity contribution >= 4 is 11.9 Å². The molecule has 0 aliphatic carbocycles. The highest BCUT2D eigenvalue weighted by atomic mass is 16.4. The van der Waals surface area contributed by atoms with E-state index >= 15 is 0 Å². The van der Waals surface area contributed by atoms with Crippen molar-refractivity contribution in [1.82, 2.24) is 10.6 Å². The number of hydrogen-bond acceptors (Lipinski definition) is 4. The van der Waals surface area contributed by atoms with Crippen LogP contribution in [-0.4, -0.2) is 47.3 Å². The van der Waals surface area contributed by atoms with Crippen molar-refractivity contribution in [1.29, 1.82) is 0 Å². The number of hydrogen-bond donors (Lipinski definition) is 4. The molecule has 0 aromatic heterocycles. The van der Waals surface area contributed by atoms with Gasteiger partial charge in [-0.15, -0.1) is 0 Å². The van der Waals surface area contributed by atoms with Gasteiger partial charge in [0.1, 0.15) is 0 Å².